The summed E-state index contributed by atoms with van der Waals surface area (Å²) in [5.74, 6) is 3.06. The first-order valence-corrected chi connectivity index (χ1v) is 4.87. The molecule has 0 spiro atoms. The molecule has 0 aromatic heterocycles. The van der Waals surface area contributed by atoms with Crippen LogP contribution in [-0.4, -0.2) is 23.0 Å². The molecule has 0 saturated carbocycles. The SMILES string of the molecule is N=C(/N=C(\N)C(F)(F)F)N(N)Cc1ccccc1. The molecule has 0 amide bonds. The van der Waals surface area contributed by atoms with E-state index in [-0.39, 0.29) is 6.54 Å². The number of hydrazine groups is 1. The molecule has 0 heterocycles. The largest absolute Gasteiger partial charge is 0.449 e. The minimum Gasteiger partial charge on any atom is -0.379 e. The first kappa shape index (κ1) is 14.0. The number of halogens is 3. The Morgan fingerprint density at radius 2 is 1.83 bits per heavy atom. The van der Waals surface area contributed by atoms with Gasteiger partial charge in [0.05, 0.1) is 6.54 Å². The summed E-state index contributed by atoms with van der Waals surface area (Å²) >= 11 is 0. The van der Waals surface area contributed by atoms with Gasteiger partial charge in [0.2, 0.25) is 11.8 Å². The molecule has 0 aliphatic heterocycles. The van der Waals surface area contributed by atoms with Crippen LogP contribution in [0.1, 0.15) is 5.56 Å². The molecular formula is C10H12F3N5. The van der Waals surface area contributed by atoms with Gasteiger partial charge in [0, 0.05) is 0 Å². The molecule has 1 aromatic rings. The van der Waals surface area contributed by atoms with Gasteiger partial charge >= 0.3 is 6.18 Å². The van der Waals surface area contributed by atoms with Crippen LogP contribution in [0, 0.1) is 5.41 Å². The van der Waals surface area contributed by atoms with Gasteiger partial charge in [-0.1, -0.05) is 30.3 Å². The molecule has 0 bridgehead atoms. The maximum Gasteiger partial charge on any atom is 0.449 e. The monoisotopic (exact) mass is 259 g/mol. The summed E-state index contributed by atoms with van der Waals surface area (Å²) in [5, 5.41) is 8.06. The average Bonchev–Trinajstić information content (AvgIpc) is 2.28. The third-order valence-corrected chi connectivity index (χ3v) is 1.98. The molecule has 0 fully saturated rings. The Kier molecular flexibility index (Phi) is 4.27. The molecule has 1 aromatic carbocycles. The van der Waals surface area contributed by atoms with Gasteiger partial charge in [0.25, 0.3) is 0 Å². The molecule has 5 nitrogen and oxygen atoms in total. The van der Waals surface area contributed by atoms with Crippen LogP contribution in [0.4, 0.5) is 13.2 Å². The highest BCUT2D eigenvalue weighted by Crippen LogP contribution is 2.14. The molecule has 18 heavy (non-hydrogen) atoms. The molecule has 0 radical (unpaired) electrons. The van der Waals surface area contributed by atoms with Crippen molar-refractivity contribution in [1.82, 2.24) is 5.01 Å². The number of aliphatic imine (C=N–C) groups is 1. The van der Waals surface area contributed by atoms with Crippen molar-refractivity contribution in [3.63, 3.8) is 0 Å². The highest BCUT2D eigenvalue weighted by molar-refractivity contribution is 5.96. The first-order valence-electron chi connectivity index (χ1n) is 4.87. The molecule has 0 unspecified atom stereocenters. The summed E-state index contributed by atoms with van der Waals surface area (Å²) in [7, 11) is 0. The first-order chi connectivity index (χ1) is 8.30. The normalized spacial score (nSPS) is 12.3. The Bertz CT molecular complexity index is 441. The number of guanidine groups is 1. The van der Waals surface area contributed by atoms with Crippen molar-refractivity contribution in [1.29, 1.82) is 5.41 Å². The molecule has 0 aliphatic carbocycles. The second-order valence-electron chi connectivity index (χ2n) is 3.43. The molecule has 0 saturated heterocycles. The van der Waals surface area contributed by atoms with E-state index >= 15 is 0 Å². The van der Waals surface area contributed by atoms with Crippen LogP contribution in [-0.2, 0) is 6.54 Å². The Morgan fingerprint density at radius 3 is 2.33 bits per heavy atom. The Hall–Kier alpha value is -2.09. The predicted octanol–water partition coefficient (Wildman–Crippen LogP) is 1.22. The lowest BCUT2D eigenvalue weighted by Gasteiger charge is -2.17. The van der Waals surface area contributed by atoms with E-state index in [2.05, 4.69) is 10.7 Å². The predicted molar refractivity (Wildman–Crippen MR) is 61.6 cm³/mol. The lowest BCUT2D eigenvalue weighted by Crippen LogP contribution is -2.39. The molecule has 98 valence electrons. The summed E-state index contributed by atoms with van der Waals surface area (Å²) < 4.78 is 36.3. The van der Waals surface area contributed by atoms with E-state index in [0.29, 0.717) is 0 Å². The van der Waals surface area contributed by atoms with Crippen LogP contribution in [0.25, 0.3) is 0 Å². The minimum absolute atomic E-state index is 0.0638. The summed E-state index contributed by atoms with van der Waals surface area (Å²) in [6, 6.07) is 8.74. The van der Waals surface area contributed by atoms with Crippen LogP contribution < -0.4 is 11.6 Å². The molecule has 8 heteroatoms. The van der Waals surface area contributed by atoms with E-state index in [1.807, 2.05) is 0 Å². The highest BCUT2D eigenvalue weighted by Gasteiger charge is 2.34. The fourth-order valence-corrected chi connectivity index (χ4v) is 1.10. The second-order valence-corrected chi connectivity index (χ2v) is 3.43. The third-order valence-electron chi connectivity index (χ3n) is 1.98. The number of amidine groups is 1. The van der Waals surface area contributed by atoms with E-state index in [9.17, 15) is 13.2 Å². The Balaban J connectivity index is 2.68. The highest BCUT2D eigenvalue weighted by atomic mass is 19.4. The van der Waals surface area contributed by atoms with Crippen molar-refractivity contribution < 1.29 is 13.2 Å². The maximum absolute atomic E-state index is 12.1. The zero-order chi connectivity index (χ0) is 13.8. The van der Waals surface area contributed by atoms with Gasteiger partial charge in [-0.15, -0.1) is 0 Å². The van der Waals surface area contributed by atoms with Crippen LogP contribution in [0.3, 0.4) is 0 Å². The molecule has 1 rings (SSSR count). The van der Waals surface area contributed by atoms with Gasteiger partial charge in [-0.25, -0.2) is 5.84 Å². The van der Waals surface area contributed by atoms with Crippen molar-refractivity contribution in [2.45, 2.75) is 12.7 Å². The number of benzene rings is 1. The van der Waals surface area contributed by atoms with E-state index in [4.69, 9.17) is 11.3 Å². The summed E-state index contributed by atoms with van der Waals surface area (Å²) in [6.07, 6.45) is -4.76. The van der Waals surface area contributed by atoms with Gasteiger partial charge in [-0.05, 0) is 5.56 Å². The van der Waals surface area contributed by atoms with Crippen molar-refractivity contribution in [2.75, 3.05) is 0 Å². The smallest absolute Gasteiger partial charge is 0.379 e. The van der Waals surface area contributed by atoms with Gasteiger partial charge in [-0.3, -0.25) is 10.4 Å². The van der Waals surface area contributed by atoms with Crippen molar-refractivity contribution in [3.05, 3.63) is 35.9 Å². The number of nitrogens with one attached hydrogen (secondary N) is 1. The van der Waals surface area contributed by atoms with Crippen LogP contribution in [0.5, 0.6) is 0 Å². The van der Waals surface area contributed by atoms with Gasteiger partial charge in [0.1, 0.15) is 0 Å². The van der Waals surface area contributed by atoms with Crippen molar-refractivity contribution in [3.8, 4) is 0 Å². The van der Waals surface area contributed by atoms with Gasteiger partial charge in [-0.2, -0.15) is 18.2 Å². The second kappa shape index (κ2) is 5.50. The zero-order valence-electron chi connectivity index (χ0n) is 9.28. The number of alkyl halides is 3. The summed E-state index contributed by atoms with van der Waals surface area (Å²) in [5.41, 5.74) is 5.43. The summed E-state index contributed by atoms with van der Waals surface area (Å²) in [4.78, 5) is 2.90. The van der Waals surface area contributed by atoms with E-state index in [1.165, 1.54) is 0 Å². The topological polar surface area (TPSA) is 91.5 Å². The van der Waals surface area contributed by atoms with E-state index in [1.54, 1.807) is 30.3 Å². The third kappa shape index (κ3) is 4.06. The molecule has 0 atom stereocenters. The molecule has 0 aliphatic rings. The number of nitrogens with zero attached hydrogens (tertiary/aromatic N) is 2. The van der Waals surface area contributed by atoms with Crippen LogP contribution >= 0.6 is 0 Å². The lowest BCUT2D eigenvalue weighted by atomic mass is 10.2. The zero-order valence-corrected chi connectivity index (χ0v) is 9.28. The number of nitrogens with two attached hydrogens (primary N) is 2. The van der Waals surface area contributed by atoms with Gasteiger partial charge in [0.15, 0.2) is 0 Å². The minimum atomic E-state index is -4.76. The standard InChI is InChI=1S/C10H12F3N5/c11-10(12,13)8(14)17-9(15)18(16)6-7-4-2-1-3-5-7/h1-5H,6,16H2,(H3,14,15,17). The van der Waals surface area contributed by atoms with Crippen LogP contribution in [0.15, 0.2) is 35.3 Å². The van der Waals surface area contributed by atoms with E-state index < -0.39 is 18.0 Å². The van der Waals surface area contributed by atoms with Crippen molar-refractivity contribution >= 4 is 11.8 Å². The number of hydrogen-bond donors (Lipinski definition) is 3. The quantitative estimate of drug-likeness (QED) is 0.323. The average molecular weight is 259 g/mol. The van der Waals surface area contributed by atoms with Crippen LogP contribution in [0.2, 0.25) is 0 Å². The fourth-order valence-electron chi connectivity index (χ4n) is 1.10. The molecular weight excluding hydrogens is 247 g/mol. The Morgan fingerprint density at radius 1 is 1.28 bits per heavy atom. The number of rotatable bonds is 2. The lowest BCUT2D eigenvalue weighted by molar-refractivity contribution is -0.0597. The summed E-state index contributed by atoms with van der Waals surface area (Å²) in [6.45, 7) is 0.0638. The van der Waals surface area contributed by atoms with E-state index in [0.717, 1.165) is 10.6 Å². The Labute approximate surface area is 101 Å². The fraction of sp³-hybridized carbons (Fsp3) is 0.200. The van der Waals surface area contributed by atoms with Crippen molar-refractivity contribution in [2.24, 2.45) is 16.6 Å². The number of hydrogen-bond acceptors (Lipinski definition) is 2. The molecule has 5 N–H and O–H groups in total. The van der Waals surface area contributed by atoms with Gasteiger partial charge < -0.3 is 5.73 Å². The maximum atomic E-state index is 12.1.